The average Bonchev–Trinajstić information content (AvgIpc) is 3.43. The zero-order valence-electron chi connectivity index (χ0n) is 19.3. The van der Waals surface area contributed by atoms with Crippen LogP contribution in [0.2, 0.25) is 5.02 Å². The lowest BCUT2D eigenvalue weighted by Gasteiger charge is -2.30. The molecule has 180 valence electrons. The number of likely N-dealkylation sites (tertiary alicyclic amines) is 1. The number of halogens is 1. The van der Waals surface area contributed by atoms with Crippen molar-refractivity contribution in [1.29, 1.82) is 0 Å². The minimum absolute atomic E-state index is 0.0370. The lowest BCUT2D eigenvalue weighted by atomic mass is 9.96. The summed E-state index contributed by atoms with van der Waals surface area (Å²) in [6.45, 7) is 1.39. The quantitative estimate of drug-likeness (QED) is 0.356. The molecule has 1 fully saturated rings. The van der Waals surface area contributed by atoms with Gasteiger partial charge in [0.1, 0.15) is 5.52 Å². The fraction of sp³-hybridized carbons (Fsp3) is 0.214. The van der Waals surface area contributed by atoms with E-state index in [1.807, 2.05) is 11.0 Å². The van der Waals surface area contributed by atoms with Gasteiger partial charge >= 0.3 is 0 Å². The molecule has 0 atom stereocenters. The molecule has 1 saturated heterocycles. The molecule has 4 aromatic rings. The van der Waals surface area contributed by atoms with Crippen LogP contribution in [-0.4, -0.2) is 45.6 Å². The first kappa shape index (κ1) is 22.5. The van der Waals surface area contributed by atoms with E-state index in [1.165, 1.54) is 4.90 Å². The number of rotatable bonds is 4. The fourth-order valence-corrected chi connectivity index (χ4v) is 5.09. The van der Waals surface area contributed by atoms with E-state index in [4.69, 9.17) is 16.0 Å². The second-order valence-corrected chi connectivity index (χ2v) is 9.61. The van der Waals surface area contributed by atoms with Gasteiger partial charge in [0.2, 0.25) is 0 Å². The van der Waals surface area contributed by atoms with E-state index < -0.39 is 0 Å². The second kappa shape index (κ2) is 8.91. The van der Waals surface area contributed by atoms with Gasteiger partial charge in [0.05, 0.1) is 17.7 Å². The van der Waals surface area contributed by atoms with Gasteiger partial charge in [0, 0.05) is 29.6 Å². The van der Waals surface area contributed by atoms with Gasteiger partial charge in [-0.25, -0.2) is 4.98 Å². The molecule has 7 nitrogen and oxygen atoms in total. The van der Waals surface area contributed by atoms with Crippen LogP contribution >= 0.6 is 11.6 Å². The lowest BCUT2D eigenvalue weighted by Crippen LogP contribution is -2.38. The van der Waals surface area contributed by atoms with E-state index in [-0.39, 0.29) is 30.2 Å². The summed E-state index contributed by atoms with van der Waals surface area (Å²) in [5.74, 6) is 0.227. The van der Waals surface area contributed by atoms with Crippen LogP contribution in [0.1, 0.15) is 61.3 Å². The monoisotopic (exact) mass is 499 g/mol. The summed E-state index contributed by atoms with van der Waals surface area (Å²) in [5.41, 5.74) is 3.69. The summed E-state index contributed by atoms with van der Waals surface area (Å²) >= 11 is 6.05. The van der Waals surface area contributed by atoms with Gasteiger partial charge in [-0.3, -0.25) is 19.3 Å². The van der Waals surface area contributed by atoms with Crippen LogP contribution in [0.3, 0.4) is 0 Å². The molecular formula is C28H22ClN3O4. The number of amides is 3. The normalized spacial score (nSPS) is 16.1. The standard InChI is InChI=1S/C28H22ClN3O4/c29-20-9-10-24-23(15-20)30-25(36-24)18-11-13-31(14-12-18)26(33)19-7-5-17(6-8-19)16-32-27(34)21-3-1-2-4-22(21)28(32)35/h1-10,15,18H,11-14,16H2. The fourth-order valence-electron chi connectivity index (χ4n) is 4.92. The van der Waals surface area contributed by atoms with Gasteiger partial charge in [0.15, 0.2) is 11.5 Å². The van der Waals surface area contributed by atoms with Crippen molar-refractivity contribution in [1.82, 2.24) is 14.8 Å². The third-order valence-electron chi connectivity index (χ3n) is 6.92. The van der Waals surface area contributed by atoms with Crippen molar-refractivity contribution < 1.29 is 18.8 Å². The first-order valence-corrected chi connectivity index (χ1v) is 12.2. The molecule has 36 heavy (non-hydrogen) atoms. The minimum atomic E-state index is -0.291. The zero-order chi connectivity index (χ0) is 24.8. The van der Waals surface area contributed by atoms with Crippen LogP contribution in [0.4, 0.5) is 0 Å². The molecule has 0 spiro atoms. The Kier molecular flexibility index (Phi) is 5.57. The predicted molar refractivity (Wildman–Crippen MR) is 134 cm³/mol. The molecule has 2 aliphatic heterocycles. The van der Waals surface area contributed by atoms with Crippen molar-refractivity contribution in [2.75, 3.05) is 13.1 Å². The predicted octanol–water partition coefficient (Wildman–Crippen LogP) is 5.30. The molecule has 8 heteroatoms. The van der Waals surface area contributed by atoms with Gasteiger partial charge in [-0.15, -0.1) is 0 Å². The SMILES string of the molecule is O=C(c1ccc(CN2C(=O)c3ccccc3C2=O)cc1)N1CCC(c2nc3cc(Cl)ccc3o2)CC1. The van der Waals surface area contributed by atoms with Crippen molar-refractivity contribution >= 4 is 40.4 Å². The highest BCUT2D eigenvalue weighted by Crippen LogP contribution is 2.31. The summed E-state index contributed by atoms with van der Waals surface area (Å²) in [6.07, 6.45) is 1.54. The summed E-state index contributed by atoms with van der Waals surface area (Å²) < 4.78 is 5.92. The van der Waals surface area contributed by atoms with Gasteiger partial charge < -0.3 is 9.32 Å². The van der Waals surface area contributed by atoms with Crippen LogP contribution in [-0.2, 0) is 6.54 Å². The Morgan fingerprint density at radius 3 is 2.28 bits per heavy atom. The Hall–Kier alpha value is -3.97. The highest BCUT2D eigenvalue weighted by Gasteiger charge is 2.35. The summed E-state index contributed by atoms with van der Waals surface area (Å²) in [6, 6.07) is 19.3. The minimum Gasteiger partial charge on any atom is -0.440 e. The number of aromatic nitrogens is 1. The van der Waals surface area contributed by atoms with Crippen molar-refractivity contribution in [3.05, 3.63) is 99.9 Å². The molecule has 2 aliphatic rings. The van der Waals surface area contributed by atoms with Gasteiger partial charge in [0.25, 0.3) is 17.7 Å². The molecule has 6 rings (SSSR count). The lowest BCUT2D eigenvalue weighted by molar-refractivity contribution is 0.0640. The maximum atomic E-state index is 13.1. The van der Waals surface area contributed by atoms with E-state index in [2.05, 4.69) is 4.98 Å². The van der Waals surface area contributed by atoms with E-state index in [0.717, 1.165) is 23.9 Å². The zero-order valence-corrected chi connectivity index (χ0v) is 20.1. The summed E-state index contributed by atoms with van der Waals surface area (Å²) in [4.78, 5) is 46.0. The number of hydrogen-bond acceptors (Lipinski definition) is 5. The van der Waals surface area contributed by atoms with Gasteiger partial charge in [-0.2, -0.15) is 0 Å². The van der Waals surface area contributed by atoms with Gasteiger partial charge in [-0.1, -0.05) is 35.9 Å². The van der Waals surface area contributed by atoms with Crippen LogP contribution in [0.15, 0.2) is 71.1 Å². The number of oxazole rings is 1. The van der Waals surface area contributed by atoms with Crippen LogP contribution in [0.5, 0.6) is 0 Å². The number of fused-ring (bicyclic) bond motifs is 2. The smallest absolute Gasteiger partial charge is 0.261 e. The molecule has 0 bridgehead atoms. The largest absolute Gasteiger partial charge is 0.440 e. The van der Waals surface area contributed by atoms with Gasteiger partial charge in [-0.05, 0) is 60.9 Å². The molecule has 0 aliphatic carbocycles. The maximum absolute atomic E-state index is 13.1. The first-order valence-electron chi connectivity index (χ1n) is 11.9. The highest BCUT2D eigenvalue weighted by molar-refractivity contribution is 6.31. The van der Waals surface area contributed by atoms with Crippen molar-refractivity contribution in [3.8, 4) is 0 Å². The van der Waals surface area contributed by atoms with Crippen LogP contribution in [0, 0.1) is 0 Å². The topological polar surface area (TPSA) is 83.7 Å². The molecule has 0 N–H and O–H groups in total. The number of nitrogens with zero attached hydrogens (tertiary/aromatic N) is 3. The van der Waals surface area contributed by atoms with Crippen LogP contribution in [0.25, 0.3) is 11.1 Å². The molecule has 3 amide bonds. The Balaban J connectivity index is 1.08. The summed E-state index contributed by atoms with van der Waals surface area (Å²) in [5, 5.41) is 0.623. The van der Waals surface area contributed by atoms with Crippen molar-refractivity contribution in [3.63, 3.8) is 0 Å². The van der Waals surface area contributed by atoms with E-state index in [0.29, 0.717) is 46.3 Å². The van der Waals surface area contributed by atoms with Crippen LogP contribution < -0.4 is 0 Å². The Morgan fingerprint density at radius 1 is 0.944 bits per heavy atom. The van der Waals surface area contributed by atoms with E-state index in [9.17, 15) is 14.4 Å². The number of carbonyl (C=O) groups is 3. The van der Waals surface area contributed by atoms with E-state index >= 15 is 0 Å². The maximum Gasteiger partial charge on any atom is 0.261 e. The highest BCUT2D eigenvalue weighted by atomic mass is 35.5. The van der Waals surface area contributed by atoms with E-state index in [1.54, 1.807) is 60.7 Å². The molecule has 0 radical (unpaired) electrons. The number of carbonyl (C=O) groups excluding carboxylic acids is 3. The molecular weight excluding hydrogens is 478 g/mol. The summed E-state index contributed by atoms with van der Waals surface area (Å²) in [7, 11) is 0. The number of hydrogen-bond donors (Lipinski definition) is 0. The molecule has 3 heterocycles. The Bertz CT molecular complexity index is 1470. The molecule has 1 aromatic heterocycles. The average molecular weight is 500 g/mol. The number of piperidine rings is 1. The third kappa shape index (κ3) is 3.95. The molecule has 3 aromatic carbocycles. The molecule has 0 saturated carbocycles. The molecule has 0 unspecified atom stereocenters. The number of imide groups is 1. The number of benzene rings is 3. The van der Waals surface area contributed by atoms with Crippen molar-refractivity contribution in [2.45, 2.75) is 25.3 Å². The Morgan fingerprint density at radius 2 is 1.61 bits per heavy atom. The van der Waals surface area contributed by atoms with Crippen molar-refractivity contribution in [2.24, 2.45) is 0 Å². The second-order valence-electron chi connectivity index (χ2n) is 9.17. The first-order chi connectivity index (χ1) is 17.5. The Labute approximate surface area is 212 Å². The third-order valence-corrected chi connectivity index (χ3v) is 7.15.